The summed E-state index contributed by atoms with van der Waals surface area (Å²) < 4.78 is 0. The molecule has 0 bridgehead atoms. The average Bonchev–Trinajstić information content (AvgIpc) is 2.83. The van der Waals surface area contributed by atoms with Crippen molar-refractivity contribution in [2.24, 2.45) is 0 Å². The predicted molar refractivity (Wildman–Crippen MR) is 67.5 cm³/mol. The number of thiophene rings is 1. The molecular weight excluding hydrogens is 224 g/mol. The smallest absolute Gasteiger partial charge is 0.124 e. The van der Waals surface area contributed by atoms with Crippen LogP contribution in [0.5, 0.6) is 0 Å². The van der Waals surface area contributed by atoms with Gasteiger partial charge in [-0.15, -0.1) is 11.3 Å². The first-order chi connectivity index (χ1) is 7.31. The average molecular weight is 238 g/mol. The Labute approximate surface area is 98.0 Å². The minimum atomic E-state index is 0.935. The maximum atomic E-state index is 4.59. The van der Waals surface area contributed by atoms with Crippen molar-refractivity contribution in [3.63, 3.8) is 0 Å². The van der Waals surface area contributed by atoms with Crippen molar-refractivity contribution in [3.05, 3.63) is 27.4 Å². The Morgan fingerprint density at radius 3 is 3.00 bits per heavy atom. The summed E-state index contributed by atoms with van der Waals surface area (Å²) in [6, 6.07) is 2.12. The fourth-order valence-electron chi connectivity index (χ4n) is 1.34. The molecule has 0 spiro atoms. The fourth-order valence-corrected chi connectivity index (χ4v) is 3.08. The molecule has 2 heterocycles. The van der Waals surface area contributed by atoms with Crippen molar-refractivity contribution < 1.29 is 0 Å². The van der Waals surface area contributed by atoms with Crippen LogP contribution in [0.3, 0.4) is 0 Å². The lowest BCUT2D eigenvalue weighted by Crippen LogP contribution is -2.11. The van der Waals surface area contributed by atoms with E-state index in [1.807, 2.05) is 0 Å². The molecule has 0 unspecified atom stereocenters. The molecule has 0 aliphatic heterocycles. The van der Waals surface area contributed by atoms with Gasteiger partial charge in [-0.05, 0) is 24.9 Å². The second kappa shape index (κ2) is 4.88. The van der Waals surface area contributed by atoms with Crippen molar-refractivity contribution in [1.82, 2.24) is 10.3 Å². The molecule has 0 amide bonds. The zero-order valence-corrected chi connectivity index (χ0v) is 10.5. The van der Waals surface area contributed by atoms with Crippen molar-refractivity contribution >= 4 is 22.7 Å². The Hall–Kier alpha value is -0.710. The third kappa shape index (κ3) is 2.45. The Bertz CT molecular complexity index is 418. The van der Waals surface area contributed by atoms with Gasteiger partial charge in [-0.1, -0.05) is 6.92 Å². The summed E-state index contributed by atoms with van der Waals surface area (Å²) in [7, 11) is 0. The summed E-state index contributed by atoms with van der Waals surface area (Å²) >= 11 is 3.51. The largest absolute Gasteiger partial charge is 0.312 e. The molecule has 1 N–H and O–H groups in total. The van der Waals surface area contributed by atoms with E-state index >= 15 is 0 Å². The highest BCUT2D eigenvalue weighted by Gasteiger charge is 2.08. The molecule has 0 aliphatic carbocycles. The summed E-state index contributed by atoms with van der Waals surface area (Å²) in [6.07, 6.45) is 0. The van der Waals surface area contributed by atoms with Crippen LogP contribution in [0.15, 0.2) is 16.8 Å². The van der Waals surface area contributed by atoms with E-state index in [-0.39, 0.29) is 0 Å². The van der Waals surface area contributed by atoms with Crippen LogP contribution in [-0.4, -0.2) is 11.5 Å². The van der Waals surface area contributed by atoms with Crippen LogP contribution in [0.2, 0.25) is 0 Å². The van der Waals surface area contributed by atoms with Gasteiger partial charge in [0.2, 0.25) is 0 Å². The molecule has 0 saturated carbocycles. The van der Waals surface area contributed by atoms with Gasteiger partial charge in [0.25, 0.3) is 0 Å². The van der Waals surface area contributed by atoms with Gasteiger partial charge < -0.3 is 5.32 Å². The Balaban J connectivity index is 2.21. The lowest BCUT2D eigenvalue weighted by molar-refractivity contribution is 0.731. The van der Waals surface area contributed by atoms with E-state index in [4.69, 9.17) is 0 Å². The number of nitrogens with one attached hydrogen (secondary N) is 1. The molecule has 2 nitrogen and oxygen atoms in total. The van der Waals surface area contributed by atoms with E-state index < -0.39 is 0 Å². The molecule has 0 saturated heterocycles. The third-order valence-electron chi connectivity index (χ3n) is 2.20. The number of hydrogen-bond donors (Lipinski definition) is 1. The molecule has 0 aliphatic rings. The fraction of sp³-hybridized carbons (Fsp3) is 0.364. The van der Waals surface area contributed by atoms with E-state index in [1.54, 1.807) is 22.7 Å². The summed E-state index contributed by atoms with van der Waals surface area (Å²) in [4.78, 5) is 5.94. The summed E-state index contributed by atoms with van der Waals surface area (Å²) in [6.45, 7) is 6.14. The number of aromatic nitrogens is 1. The lowest BCUT2D eigenvalue weighted by atomic mass is 10.3. The third-order valence-corrected chi connectivity index (χ3v) is 4.09. The molecule has 4 heteroatoms. The van der Waals surface area contributed by atoms with Crippen LogP contribution in [0, 0.1) is 6.92 Å². The quantitative estimate of drug-likeness (QED) is 0.884. The molecular formula is C11H14N2S2. The molecule has 2 rings (SSSR count). The Morgan fingerprint density at radius 1 is 1.47 bits per heavy atom. The molecule has 2 aromatic heterocycles. The highest BCUT2D eigenvalue weighted by molar-refractivity contribution is 7.15. The molecule has 0 atom stereocenters. The molecule has 2 aromatic rings. The topological polar surface area (TPSA) is 24.9 Å². The number of aryl methyl sites for hydroxylation is 1. The molecule has 0 fully saturated rings. The summed E-state index contributed by atoms with van der Waals surface area (Å²) in [5.41, 5.74) is 2.40. The van der Waals surface area contributed by atoms with Crippen LogP contribution in [0.1, 0.15) is 17.5 Å². The maximum absolute atomic E-state index is 4.59. The van der Waals surface area contributed by atoms with Gasteiger partial charge in [0.05, 0.1) is 5.69 Å². The van der Waals surface area contributed by atoms with Gasteiger partial charge in [0, 0.05) is 22.4 Å². The van der Waals surface area contributed by atoms with Gasteiger partial charge in [-0.25, -0.2) is 4.98 Å². The summed E-state index contributed by atoms with van der Waals surface area (Å²) in [5.74, 6) is 0. The maximum Gasteiger partial charge on any atom is 0.124 e. The molecule has 0 aromatic carbocycles. The highest BCUT2D eigenvalue weighted by atomic mass is 32.1. The van der Waals surface area contributed by atoms with Crippen LogP contribution < -0.4 is 5.32 Å². The second-order valence-electron chi connectivity index (χ2n) is 3.32. The monoisotopic (exact) mass is 238 g/mol. The lowest BCUT2D eigenvalue weighted by Gasteiger charge is -1.97. The minimum Gasteiger partial charge on any atom is -0.312 e. The SMILES string of the molecule is CCNCc1sc(-c2ccsc2)nc1C. The molecule has 15 heavy (non-hydrogen) atoms. The first-order valence-electron chi connectivity index (χ1n) is 5.01. The highest BCUT2D eigenvalue weighted by Crippen LogP contribution is 2.29. The van der Waals surface area contributed by atoms with Crippen molar-refractivity contribution in [3.8, 4) is 10.6 Å². The van der Waals surface area contributed by atoms with E-state index in [0.717, 1.165) is 23.8 Å². The first-order valence-corrected chi connectivity index (χ1v) is 6.76. The van der Waals surface area contributed by atoms with E-state index in [1.165, 1.54) is 10.4 Å². The van der Waals surface area contributed by atoms with Gasteiger partial charge in [-0.2, -0.15) is 11.3 Å². The Morgan fingerprint density at radius 2 is 2.33 bits per heavy atom. The van der Waals surface area contributed by atoms with Crippen molar-refractivity contribution in [1.29, 1.82) is 0 Å². The second-order valence-corrected chi connectivity index (χ2v) is 5.18. The van der Waals surface area contributed by atoms with Crippen LogP contribution in [0.25, 0.3) is 10.6 Å². The van der Waals surface area contributed by atoms with E-state index in [0.29, 0.717) is 0 Å². The normalized spacial score (nSPS) is 10.8. The van der Waals surface area contributed by atoms with Crippen LogP contribution in [0.4, 0.5) is 0 Å². The van der Waals surface area contributed by atoms with E-state index in [9.17, 15) is 0 Å². The first kappa shape index (κ1) is 10.8. The summed E-state index contributed by atoms with van der Waals surface area (Å²) in [5, 5.41) is 8.72. The minimum absolute atomic E-state index is 0.935. The van der Waals surface area contributed by atoms with Crippen molar-refractivity contribution in [2.75, 3.05) is 6.54 Å². The van der Waals surface area contributed by atoms with Gasteiger partial charge >= 0.3 is 0 Å². The standard InChI is InChI=1S/C11H14N2S2/c1-3-12-6-10-8(2)13-11(15-10)9-4-5-14-7-9/h4-5,7,12H,3,6H2,1-2H3. The zero-order valence-electron chi connectivity index (χ0n) is 8.91. The van der Waals surface area contributed by atoms with Crippen LogP contribution >= 0.6 is 22.7 Å². The van der Waals surface area contributed by atoms with Gasteiger partial charge in [0.1, 0.15) is 5.01 Å². The Kier molecular flexibility index (Phi) is 3.51. The van der Waals surface area contributed by atoms with Crippen molar-refractivity contribution in [2.45, 2.75) is 20.4 Å². The number of rotatable bonds is 4. The zero-order chi connectivity index (χ0) is 10.7. The van der Waals surface area contributed by atoms with E-state index in [2.05, 4.69) is 41.0 Å². The van der Waals surface area contributed by atoms with Crippen LogP contribution in [-0.2, 0) is 6.54 Å². The van der Waals surface area contributed by atoms with Gasteiger partial charge in [0.15, 0.2) is 0 Å². The number of thiazole rings is 1. The molecule has 0 radical (unpaired) electrons. The predicted octanol–water partition coefficient (Wildman–Crippen LogP) is 3.29. The number of nitrogens with zero attached hydrogens (tertiary/aromatic N) is 1. The number of hydrogen-bond acceptors (Lipinski definition) is 4. The molecule has 80 valence electrons. The van der Waals surface area contributed by atoms with Gasteiger partial charge in [-0.3, -0.25) is 0 Å².